The van der Waals surface area contributed by atoms with Crippen molar-refractivity contribution < 1.29 is 42.6 Å². The molecule has 2 fully saturated rings. The Balaban J connectivity index is 0.000000260. The summed E-state index contributed by atoms with van der Waals surface area (Å²) in [6, 6.07) is 0. The Bertz CT molecular complexity index is 1220. The number of aliphatic carboxylic acids is 1. The van der Waals surface area contributed by atoms with Gasteiger partial charge in [-0.3, -0.25) is 4.79 Å². The molecule has 2 aromatic heterocycles. The fourth-order valence-corrected chi connectivity index (χ4v) is 7.20. The van der Waals surface area contributed by atoms with E-state index in [4.69, 9.17) is 18.7 Å². The lowest BCUT2D eigenvalue weighted by molar-refractivity contribution is -0.137. The maximum atomic E-state index is 11.7. The summed E-state index contributed by atoms with van der Waals surface area (Å²) in [5.74, 6) is 1.08. The van der Waals surface area contributed by atoms with Crippen LogP contribution in [-0.4, -0.2) is 53.0 Å². The number of carbonyl (C=O) groups excluding carboxylic acids is 3. The Morgan fingerprint density at radius 1 is 0.708 bits per heavy atom. The van der Waals surface area contributed by atoms with Crippen LogP contribution < -0.4 is 0 Å². The van der Waals surface area contributed by atoms with Gasteiger partial charge in [0, 0.05) is 18.3 Å². The van der Waals surface area contributed by atoms with Gasteiger partial charge in [-0.1, -0.05) is 89.9 Å². The fraction of sp³-hybridized carbons (Fsp3) is 0.730. The zero-order chi connectivity index (χ0) is 35.1. The number of carboxylic acid groups (broad SMARTS) is 1. The number of hydrogen-bond donors (Lipinski definition) is 1. The summed E-state index contributed by atoms with van der Waals surface area (Å²) in [5.41, 5.74) is 0.350. The van der Waals surface area contributed by atoms with Gasteiger partial charge in [0.05, 0.1) is 20.6 Å². The highest BCUT2D eigenvalue weighted by atomic mass is 16.5. The summed E-state index contributed by atoms with van der Waals surface area (Å²) in [6.07, 6.45) is 19.6. The van der Waals surface area contributed by atoms with Crippen molar-refractivity contribution in [3.8, 4) is 0 Å². The Morgan fingerprint density at radius 2 is 1.10 bits per heavy atom. The van der Waals surface area contributed by atoms with E-state index in [1.165, 1.54) is 84.8 Å². The predicted molar refractivity (Wildman–Crippen MR) is 179 cm³/mol. The van der Waals surface area contributed by atoms with Crippen LogP contribution in [0.3, 0.4) is 0 Å². The lowest BCUT2D eigenvalue weighted by Gasteiger charge is -2.22. The van der Waals surface area contributed by atoms with Crippen LogP contribution in [-0.2, 0) is 19.1 Å². The Kier molecular flexibility index (Phi) is 16.3. The number of methoxy groups -OCH3 is 2. The van der Waals surface area contributed by atoms with Crippen LogP contribution in [0.25, 0.3) is 0 Å². The average Bonchev–Trinajstić information content (AvgIpc) is 3.66. The van der Waals surface area contributed by atoms with Gasteiger partial charge in [0.2, 0.25) is 0 Å². The van der Waals surface area contributed by atoms with Crippen molar-refractivity contribution in [2.45, 2.75) is 148 Å². The van der Waals surface area contributed by atoms with Crippen LogP contribution in [0, 0.1) is 25.7 Å². The van der Waals surface area contributed by atoms with Crippen LogP contribution in [0.15, 0.2) is 8.83 Å². The molecule has 2 heterocycles. The maximum Gasteiger partial charge on any atom is 0.360 e. The summed E-state index contributed by atoms with van der Waals surface area (Å²) in [5, 5.41) is 9.16. The minimum absolute atomic E-state index is 0.0365. The van der Waals surface area contributed by atoms with Crippen molar-refractivity contribution in [2.75, 3.05) is 14.2 Å². The molecule has 2 saturated carbocycles. The number of hydrogen-bond acceptors (Lipinski definition) is 10. The third-order valence-electron chi connectivity index (χ3n) is 9.82. The molecule has 0 spiro atoms. The predicted octanol–water partition coefficient (Wildman–Crippen LogP) is 8.66. The van der Waals surface area contributed by atoms with Crippen LogP contribution in [0.1, 0.15) is 179 Å². The van der Waals surface area contributed by atoms with Crippen LogP contribution in [0.4, 0.5) is 0 Å². The Morgan fingerprint density at radius 3 is 1.46 bits per heavy atom. The highest BCUT2D eigenvalue weighted by molar-refractivity contribution is 5.88. The summed E-state index contributed by atoms with van der Waals surface area (Å²) in [7, 11) is 2.61. The second-order valence-corrected chi connectivity index (χ2v) is 13.7. The van der Waals surface area contributed by atoms with Gasteiger partial charge in [0.1, 0.15) is 17.3 Å². The van der Waals surface area contributed by atoms with E-state index >= 15 is 0 Å². The number of nitrogens with zero attached hydrogens (tertiary/aromatic N) is 2. The number of aromatic nitrogens is 2. The summed E-state index contributed by atoms with van der Waals surface area (Å²) < 4.78 is 20.6. The van der Waals surface area contributed by atoms with Crippen molar-refractivity contribution in [3.63, 3.8) is 0 Å². The van der Waals surface area contributed by atoms with E-state index in [0.29, 0.717) is 36.1 Å². The Hall–Kier alpha value is -3.50. The van der Waals surface area contributed by atoms with Crippen molar-refractivity contribution in [2.24, 2.45) is 11.8 Å². The van der Waals surface area contributed by atoms with Crippen molar-refractivity contribution in [1.29, 1.82) is 0 Å². The molecule has 0 aliphatic heterocycles. The molecule has 48 heavy (non-hydrogen) atoms. The van der Waals surface area contributed by atoms with Gasteiger partial charge < -0.3 is 28.2 Å². The largest absolute Gasteiger partial charge is 0.481 e. The van der Waals surface area contributed by atoms with E-state index in [1.807, 2.05) is 0 Å². The molecule has 0 radical (unpaired) electrons. The second kappa shape index (κ2) is 20.1. The summed E-state index contributed by atoms with van der Waals surface area (Å²) in [4.78, 5) is 54.6. The standard InChI is InChI=1S/C19H29NO4.C18H27NO5/c1-13(21)12-16(11-7-10-15-8-5-4-6-9-15)18-20-17(14(2)24-18)19(22)23-3;1-12-16(18(22)23-2)19-17(24-12)14(11-15(20)21)10-6-9-13-7-4-3-5-8-13/h15-16H,4-12H2,1-3H3;13-14H,3-11H2,1-2H3,(H,20,21)/t16-;14-/m11/s1. The molecule has 0 amide bonds. The number of esters is 2. The van der Waals surface area contributed by atoms with E-state index in [0.717, 1.165) is 37.5 Å². The number of rotatable bonds is 16. The number of oxazole rings is 2. The molecular formula is C37H56N2O9. The molecule has 2 atom stereocenters. The van der Waals surface area contributed by atoms with E-state index < -0.39 is 17.9 Å². The SMILES string of the molecule is COC(=O)c1nc([C@H](CCCC2CCCCC2)CC(=O)O)oc1C.COC(=O)c1nc([C@H](CCCC2CCCCC2)CC(C)=O)oc1C. The number of ether oxygens (including phenoxy) is 2. The first-order valence-electron chi connectivity index (χ1n) is 17.8. The third kappa shape index (κ3) is 12.5. The quantitative estimate of drug-likeness (QED) is 0.170. The van der Waals surface area contributed by atoms with Crippen molar-refractivity contribution >= 4 is 23.7 Å². The molecule has 0 saturated heterocycles. The smallest absolute Gasteiger partial charge is 0.360 e. The number of carboxylic acids is 1. The number of Topliss-reactive ketones (excluding diaryl/α,β-unsaturated/α-hetero) is 1. The van der Waals surface area contributed by atoms with Crippen molar-refractivity contribution in [3.05, 3.63) is 34.7 Å². The van der Waals surface area contributed by atoms with Crippen molar-refractivity contribution in [1.82, 2.24) is 9.97 Å². The molecule has 0 aromatic carbocycles. The zero-order valence-electron chi connectivity index (χ0n) is 29.6. The summed E-state index contributed by atoms with van der Waals surface area (Å²) >= 11 is 0. The average molecular weight is 673 g/mol. The molecule has 4 rings (SSSR count). The van der Waals surface area contributed by atoms with E-state index in [-0.39, 0.29) is 35.4 Å². The molecule has 0 unspecified atom stereocenters. The zero-order valence-corrected chi connectivity index (χ0v) is 29.6. The third-order valence-corrected chi connectivity index (χ3v) is 9.82. The molecule has 1 N–H and O–H groups in total. The first-order chi connectivity index (χ1) is 23.0. The molecule has 0 bridgehead atoms. The fourth-order valence-electron chi connectivity index (χ4n) is 7.20. The summed E-state index contributed by atoms with van der Waals surface area (Å²) in [6.45, 7) is 4.93. The number of ketones is 1. The molecule has 11 nitrogen and oxygen atoms in total. The molecule has 2 aliphatic carbocycles. The maximum absolute atomic E-state index is 11.7. The topological polar surface area (TPSA) is 159 Å². The van der Waals surface area contributed by atoms with E-state index in [9.17, 15) is 19.2 Å². The van der Waals surface area contributed by atoms with Gasteiger partial charge in [0.25, 0.3) is 0 Å². The lowest BCUT2D eigenvalue weighted by atomic mass is 9.84. The van der Waals surface area contributed by atoms with Gasteiger partial charge in [-0.2, -0.15) is 0 Å². The lowest BCUT2D eigenvalue weighted by Crippen LogP contribution is -2.10. The van der Waals surface area contributed by atoms with Gasteiger partial charge in [-0.15, -0.1) is 0 Å². The van der Waals surface area contributed by atoms with E-state index in [1.54, 1.807) is 20.8 Å². The monoisotopic (exact) mass is 672 g/mol. The minimum atomic E-state index is -0.881. The highest BCUT2D eigenvalue weighted by Crippen LogP contribution is 2.33. The minimum Gasteiger partial charge on any atom is -0.481 e. The normalized spacial score (nSPS) is 16.8. The number of aryl methyl sites for hydroxylation is 2. The molecular weight excluding hydrogens is 616 g/mol. The molecule has 2 aliphatic rings. The van der Waals surface area contributed by atoms with Crippen LogP contribution in [0.5, 0.6) is 0 Å². The van der Waals surface area contributed by atoms with Gasteiger partial charge in [-0.25, -0.2) is 19.6 Å². The van der Waals surface area contributed by atoms with E-state index in [2.05, 4.69) is 14.7 Å². The van der Waals surface area contributed by atoms with Crippen LogP contribution >= 0.6 is 0 Å². The molecule has 11 heteroatoms. The second-order valence-electron chi connectivity index (χ2n) is 13.7. The highest BCUT2D eigenvalue weighted by Gasteiger charge is 2.27. The Labute approximate surface area is 284 Å². The van der Waals surface area contributed by atoms with Gasteiger partial charge in [-0.05, 0) is 45.4 Å². The first-order valence-corrected chi connectivity index (χ1v) is 17.8. The first kappa shape index (κ1) is 38.9. The molecule has 2 aromatic rings. The van der Waals surface area contributed by atoms with Crippen LogP contribution in [0.2, 0.25) is 0 Å². The van der Waals surface area contributed by atoms with Gasteiger partial charge in [0.15, 0.2) is 23.2 Å². The molecule has 268 valence electrons. The van der Waals surface area contributed by atoms with Gasteiger partial charge >= 0.3 is 17.9 Å². The number of carbonyl (C=O) groups is 4.